The molecule has 0 bridgehead atoms. The molecule has 18 heavy (non-hydrogen) atoms. The summed E-state index contributed by atoms with van der Waals surface area (Å²) < 4.78 is 13.2. The summed E-state index contributed by atoms with van der Waals surface area (Å²) in [5.41, 5.74) is 0.809. The Hall–Kier alpha value is -1.68. The molecule has 0 saturated heterocycles. The predicted molar refractivity (Wildman–Crippen MR) is 70.4 cm³/mol. The molecule has 2 N–H and O–H groups in total. The van der Waals surface area contributed by atoms with Gasteiger partial charge in [0.1, 0.15) is 5.75 Å². The molecule has 0 spiro atoms. The van der Waals surface area contributed by atoms with Gasteiger partial charge in [-0.2, -0.15) is 0 Å². The number of benzene rings is 2. The van der Waals surface area contributed by atoms with Gasteiger partial charge in [-0.3, -0.25) is 0 Å². The number of thioether (sulfide) groups is 1. The Morgan fingerprint density at radius 2 is 1.72 bits per heavy atom. The van der Waals surface area contributed by atoms with Gasteiger partial charge in [0.15, 0.2) is 11.6 Å². The second-order valence-corrected chi connectivity index (χ2v) is 5.38. The number of rotatable bonds is 3. The summed E-state index contributed by atoms with van der Waals surface area (Å²) in [6, 6.07) is 11.3. The van der Waals surface area contributed by atoms with E-state index >= 15 is 0 Å². The Morgan fingerprint density at radius 3 is 2.33 bits per heavy atom. The summed E-state index contributed by atoms with van der Waals surface area (Å²) >= 11 is 1.56. The van der Waals surface area contributed by atoms with Crippen molar-refractivity contribution in [3.05, 3.63) is 53.8 Å². The molecule has 2 nitrogen and oxygen atoms in total. The fraction of sp³-hybridized carbons (Fsp3) is 0.143. The van der Waals surface area contributed by atoms with E-state index in [1.165, 1.54) is 12.1 Å². The van der Waals surface area contributed by atoms with Crippen LogP contribution in [0.1, 0.15) is 17.7 Å². The molecule has 1 unspecified atom stereocenters. The highest BCUT2D eigenvalue weighted by Gasteiger charge is 2.10. The van der Waals surface area contributed by atoms with Gasteiger partial charge in [0.05, 0.1) is 0 Å². The number of hydrogen-bond donors (Lipinski definition) is 2. The summed E-state index contributed by atoms with van der Waals surface area (Å²) in [6.07, 6.45) is 0. The molecule has 1 atom stereocenters. The van der Waals surface area contributed by atoms with Crippen LogP contribution >= 0.6 is 11.8 Å². The summed E-state index contributed by atoms with van der Waals surface area (Å²) in [5, 5.41) is 18.4. The monoisotopic (exact) mass is 264 g/mol. The van der Waals surface area contributed by atoms with Gasteiger partial charge in [-0.1, -0.05) is 6.07 Å². The molecule has 2 aromatic rings. The minimum Gasteiger partial charge on any atom is -0.508 e. The van der Waals surface area contributed by atoms with Gasteiger partial charge in [0.2, 0.25) is 0 Å². The molecule has 4 heteroatoms. The number of phenolic OH excluding ortho intramolecular Hbond substituents is 2. The van der Waals surface area contributed by atoms with Crippen LogP contribution in [0.25, 0.3) is 0 Å². The van der Waals surface area contributed by atoms with Crippen molar-refractivity contribution in [2.24, 2.45) is 0 Å². The number of hydrogen-bond acceptors (Lipinski definition) is 3. The van der Waals surface area contributed by atoms with E-state index in [0.29, 0.717) is 0 Å². The molecule has 2 rings (SSSR count). The summed E-state index contributed by atoms with van der Waals surface area (Å²) in [6.45, 7) is 1.96. The number of halogens is 1. The first-order valence-electron chi connectivity index (χ1n) is 5.50. The Labute approximate surface area is 109 Å². The predicted octanol–water partition coefficient (Wildman–Crippen LogP) is 4.09. The van der Waals surface area contributed by atoms with Crippen LogP contribution in [0, 0.1) is 5.82 Å². The van der Waals surface area contributed by atoms with Crippen molar-refractivity contribution in [2.45, 2.75) is 17.1 Å². The maximum absolute atomic E-state index is 13.2. The van der Waals surface area contributed by atoms with Gasteiger partial charge in [-0.05, 0) is 48.9 Å². The fourth-order valence-corrected chi connectivity index (χ4v) is 2.56. The van der Waals surface area contributed by atoms with Crippen molar-refractivity contribution in [2.75, 3.05) is 0 Å². The van der Waals surface area contributed by atoms with Crippen molar-refractivity contribution in [1.29, 1.82) is 0 Å². The molecular weight excluding hydrogens is 251 g/mol. The van der Waals surface area contributed by atoms with E-state index in [0.717, 1.165) is 10.5 Å². The van der Waals surface area contributed by atoms with Crippen molar-refractivity contribution < 1.29 is 14.6 Å². The van der Waals surface area contributed by atoms with Crippen LogP contribution in [0.3, 0.4) is 0 Å². The van der Waals surface area contributed by atoms with Crippen LogP contribution < -0.4 is 0 Å². The number of aromatic hydroxyl groups is 2. The van der Waals surface area contributed by atoms with E-state index in [9.17, 15) is 9.50 Å². The molecule has 0 saturated carbocycles. The normalized spacial score (nSPS) is 12.3. The maximum atomic E-state index is 13.2. The molecule has 0 heterocycles. The largest absolute Gasteiger partial charge is 0.508 e. The highest BCUT2D eigenvalue weighted by Crippen LogP contribution is 2.36. The third kappa shape index (κ3) is 2.96. The van der Waals surface area contributed by atoms with Crippen LogP contribution in [0.4, 0.5) is 4.39 Å². The molecule has 0 fully saturated rings. The van der Waals surface area contributed by atoms with Gasteiger partial charge in [-0.25, -0.2) is 4.39 Å². The molecule has 0 radical (unpaired) electrons. The van der Waals surface area contributed by atoms with Crippen molar-refractivity contribution in [1.82, 2.24) is 0 Å². The second-order valence-electron chi connectivity index (χ2n) is 3.96. The first-order chi connectivity index (χ1) is 8.56. The average Bonchev–Trinajstić information content (AvgIpc) is 2.35. The SMILES string of the molecule is CC(Sc1ccc(O)cc1)c1ccc(O)c(F)c1. The van der Waals surface area contributed by atoms with Crippen molar-refractivity contribution >= 4 is 11.8 Å². The zero-order chi connectivity index (χ0) is 13.1. The van der Waals surface area contributed by atoms with Gasteiger partial charge in [0, 0.05) is 10.1 Å². The zero-order valence-corrected chi connectivity index (χ0v) is 10.6. The Bertz CT molecular complexity index is 540. The Kier molecular flexibility index (Phi) is 3.77. The first-order valence-corrected chi connectivity index (χ1v) is 6.38. The Morgan fingerprint density at radius 1 is 1.06 bits per heavy atom. The molecular formula is C14H13FO2S. The van der Waals surface area contributed by atoms with E-state index in [-0.39, 0.29) is 16.7 Å². The van der Waals surface area contributed by atoms with Gasteiger partial charge >= 0.3 is 0 Å². The molecule has 94 valence electrons. The summed E-state index contributed by atoms with van der Waals surface area (Å²) in [4.78, 5) is 0.994. The lowest BCUT2D eigenvalue weighted by molar-refractivity contribution is 0.432. The van der Waals surface area contributed by atoms with E-state index in [1.54, 1.807) is 30.0 Å². The average molecular weight is 264 g/mol. The highest BCUT2D eigenvalue weighted by molar-refractivity contribution is 7.99. The first kappa shape index (κ1) is 12.8. The minimum atomic E-state index is -0.606. The quantitative estimate of drug-likeness (QED) is 0.820. The third-order valence-electron chi connectivity index (χ3n) is 2.59. The third-order valence-corrected chi connectivity index (χ3v) is 3.76. The Balaban J connectivity index is 2.13. The summed E-state index contributed by atoms with van der Waals surface area (Å²) in [7, 11) is 0. The lowest BCUT2D eigenvalue weighted by Gasteiger charge is -2.12. The van der Waals surface area contributed by atoms with Gasteiger partial charge in [-0.15, -0.1) is 11.8 Å². The lowest BCUT2D eigenvalue weighted by Crippen LogP contribution is -1.90. The van der Waals surface area contributed by atoms with Crippen LogP contribution in [-0.4, -0.2) is 10.2 Å². The fourth-order valence-electron chi connectivity index (χ4n) is 1.57. The topological polar surface area (TPSA) is 40.5 Å². The summed E-state index contributed by atoms with van der Waals surface area (Å²) in [5.74, 6) is -0.714. The molecule has 0 amide bonds. The van der Waals surface area contributed by atoms with E-state index in [4.69, 9.17) is 5.11 Å². The molecule has 2 aromatic carbocycles. The molecule has 0 aromatic heterocycles. The van der Waals surface area contributed by atoms with E-state index in [2.05, 4.69) is 0 Å². The van der Waals surface area contributed by atoms with E-state index in [1.807, 2.05) is 19.1 Å². The minimum absolute atomic E-state index is 0.0599. The zero-order valence-electron chi connectivity index (χ0n) is 9.80. The standard InChI is InChI=1S/C14H13FO2S/c1-9(10-2-7-14(17)13(15)8-10)18-12-5-3-11(16)4-6-12/h2-9,16-17H,1H3. The van der Waals surface area contributed by atoms with Gasteiger partial charge < -0.3 is 10.2 Å². The highest BCUT2D eigenvalue weighted by atomic mass is 32.2. The van der Waals surface area contributed by atoms with Crippen LogP contribution in [0.5, 0.6) is 11.5 Å². The molecule has 0 aliphatic carbocycles. The molecule has 0 aliphatic heterocycles. The lowest BCUT2D eigenvalue weighted by atomic mass is 10.1. The smallest absolute Gasteiger partial charge is 0.165 e. The van der Waals surface area contributed by atoms with Crippen molar-refractivity contribution in [3.8, 4) is 11.5 Å². The van der Waals surface area contributed by atoms with Crippen molar-refractivity contribution in [3.63, 3.8) is 0 Å². The second kappa shape index (κ2) is 5.31. The molecule has 0 aliphatic rings. The van der Waals surface area contributed by atoms with Crippen LogP contribution in [0.15, 0.2) is 47.4 Å². The number of phenols is 2. The maximum Gasteiger partial charge on any atom is 0.165 e. The van der Waals surface area contributed by atoms with E-state index < -0.39 is 5.82 Å². The van der Waals surface area contributed by atoms with Crippen LogP contribution in [0.2, 0.25) is 0 Å². The van der Waals surface area contributed by atoms with Crippen LogP contribution in [-0.2, 0) is 0 Å². The van der Waals surface area contributed by atoms with Gasteiger partial charge in [0.25, 0.3) is 0 Å².